The molecule has 0 bridgehead atoms. The zero-order valence-electron chi connectivity index (χ0n) is 19.5. The number of ether oxygens (including phenoxy) is 1. The predicted octanol–water partition coefficient (Wildman–Crippen LogP) is 3.71. The van der Waals surface area contributed by atoms with Crippen LogP contribution in [0.5, 0.6) is 0 Å². The normalized spacial score (nSPS) is 23.5. The van der Waals surface area contributed by atoms with Gasteiger partial charge in [0.2, 0.25) is 5.91 Å². The molecule has 6 heteroatoms. The van der Waals surface area contributed by atoms with Gasteiger partial charge in [0.05, 0.1) is 0 Å². The van der Waals surface area contributed by atoms with Crippen molar-refractivity contribution < 1.29 is 14.3 Å². The summed E-state index contributed by atoms with van der Waals surface area (Å²) in [7, 11) is 0. The first-order valence-electron chi connectivity index (χ1n) is 12.1. The van der Waals surface area contributed by atoms with Crippen molar-refractivity contribution in [2.24, 2.45) is 5.92 Å². The maximum atomic E-state index is 13.5. The average molecular weight is 448 g/mol. The summed E-state index contributed by atoms with van der Waals surface area (Å²) in [5.74, 6) is 0.292. The fourth-order valence-corrected chi connectivity index (χ4v) is 5.78. The number of piperazine rings is 1. The molecule has 33 heavy (non-hydrogen) atoms. The number of hydrogen-bond donors (Lipinski definition) is 0. The molecule has 3 aliphatic heterocycles. The molecule has 0 spiro atoms. The van der Waals surface area contributed by atoms with Gasteiger partial charge < -0.3 is 14.5 Å². The van der Waals surface area contributed by atoms with E-state index in [0.717, 1.165) is 37.1 Å². The Balaban J connectivity index is 1.44. The number of rotatable bonds is 4. The van der Waals surface area contributed by atoms with Crippen molar-refractivity contribution in [2.75, 3.05) is 32.7 Å². The maximum Gasteiger partial charge on any atom is 0.411 e. The summed E-state index contributed by atoms with van der Waals surface area (Å²) < 4.78 is 6.22. The molecular weight excluding hydrogens is 414 g/mol. The van der Waals surface area contributed by atoms with Gasteiger partial charge in [-0.15, -0.1) is 0 Å². The van der Waals surface area contributed by atoms with E-state index in [0.29, 0.717) is 25.7 Å². The molecule has 3 fully saturated rings. The summed E-state index contributed by atoms with van der Waals surface area (Å²) in [6.07, 6.45) is 1.50. The van der Waals surface area contributed by atoms with Crippen molar-refractivity contribution in [1.82, 2.24) is 14.7 Å². The van der Waals surface area contributed by atoms with Crippen LogP contribution in [0.15, 0.2) is 60.7 Å². The van der Waals surface area contributed by atoms with Gasteiger partial charge in [-0.05, 0) is 39.8 Å². The van der Waals surface area contributed by atoms with Crippen LogP contribution < -0.4 is 0 Å². The zero-order valence-corrected chi connectivity index (χ0v) is 19.5. The first kappa shape index (κ1) is 22.0. The molecule has 3 heterocycles. The Kier molecular flexibility index (Phi) is 5.87. The third-order valence-corrected chi connectivity index (χ3v) is 7.66. The molecule has 2 aromatic carbocycles. The minimum atomic E-state index is -0.931. The summed E-state index contributed by atoms with van der Waals surface area (Å²) in [6, 6.07) is 20.2. The van der Waals surface area contributed by atoms with Crippen LogP contribution in [-0.2, 0) is 15.1 Å². The lowest BCUT2D eigenvalue weighted by Gasteiger charge is -2.44. The maximum absolute atomic E-state index is 13.5. The number of fused-ring (bicyclic) bond motifs is 1. The van der Waals surface area contributed by atoms with Crippen LogP contribution in [0, 0.1) is 5.92 Å². The highest BCUT2D eigenvalue weighted by molar-refractivity contribution is 5.80. The second-order valence-corrected chi connectivity index (χ2v) is 9.73. The van der Waals surface area contributed by atoms with Crippen LogP contribution in [0.3, 0.4) is 0 Å². The number of piperidine rings is 1. The molecule has 2 aromatic rings. The third kappa shape index (κ3) is 3.80. The van der Waals surface area contributed by atoms with Crippen molar-refractivity contribution in [1.29, 1.82) is 0 Å². The van der Waals surface area contributed by atoms with Crippen LogP contribution in [0.4, 0.5) is 4.79 Å². The van der Waals surface area contributed by atoms with Gasteiger partial charge in [0, 0.05) is 42.7 Å². The molecule has 174 valence electrons. The molecule has 5 rings (SSSR count). The van der Waals surface area contributed by atoms with Crippen molar-refractivity contribution in [3.63, 3.8) is 0 Å². The van der Waals surface area contributed by atoms with Gasteiger partial charge in [-0.2, -0.15) is 0 Å². The standard InChI is InChI=1S/C27H33N3O3/c1-20(2)28-15-13-21(14-16-28)25(31)29-17-18-30-24(19-29)27(33-26(30)32,22-9-5-3-6-10-22)23-11-7-4-8-12-23/h3-12,20-21,24H,13-19H2,1-2H3. The number of nitrogens with zero attached hydrogens (tertiary/aromatic N) is 3. The predicted molar refractivity (Wildman–Crippen MR) is 127 cm³/mol. The minimum Gasteiger partial charge on any atom is -0.431 e. The van der Waals surface area contributed by atoms with Gasteiger partial charge in [-0.1, -0.05) is 60.7 Å². The fraction of sp³-hybridized carbons (Fsp3) is 0.481. The van der Waals surface area contributed by atoms with Crippen LogP contribution in [-0.4, -0.2) is 71.5 Å². The van der Waals surface area contributed by atoms with E-state index < -0.39 is 5.60 Å². The number of benzene rings is 2. The average Bonchev–Trinajstić information content (AvgIpc) is 3.17. The van der Waals surface area contributed by atoms with Crippen LogP contribution in [0.1, 0.15) is 37.8 Å². The first-order valence-corrected chi connectivity index (χ1v) is 12.1. The summed E-state index contributed by atoms with van der Waals surface area (Å²) in [5.41, 5.74) is 0.952. The minimum absolute atomic E-state index is 0.0624. The van der Waals surface area contributed by atoms with E-state index in [9.17, 15) is 9.59 Å². The Hall–Kier alpha value is -2.86. The summed E-state index contributed by atoms with van der Waals surface area (Å²) in [6.45, 7) is 7.92. The van der Waals surface area contributed by atoms with Crippen LogP contribution in [0.25, 0.3) is 0 Å². The molecule has 0 N–H and O–H groups in total. The topological polar surface area (TPSA) is 53.1 Å². The summed E-state index contributed by atoms with van der Waals surface area (Å²) in [5, 5.41) is 0. The quantitative estimate of drug-likeness (QED) is 0.717. The van der Waals surface area contributed by atoms with Crippen LogP contribution in [0.2, 0.25) is 0 Å². The van der Waals surface area contributed by atoms with E-state index in [4.69, 9.17) is 4.74 Å². The molecule has 0 radical (unpaired) electrons. The monoisotopic (exact) mass is 447 g/mol. The van der Waals surface area contributed by atoms with Gasteiger partial charge in [-0.3, -0.25) is 9.69 Å². The van der Waals surface area contributed by atoms with Gasteiger partial charge >= 0.3 is 6.09 Å². The van der Waals surface area contributed by atoms with Gasteiger partial charge in [-0.25, -0.2) is 4.79 Å². The van der Waals surface area contributed by atoms with Gasteiger partial charge in [0.15, 0.2) is 5.60 Å². The Morgan fingerprint density at radius 2 is 1.48 bits per heavy atom. The van der Waals surface area contributed by atoms with Crippen molar-refractivity contribution in [2.45, 2.75) is 44.4 Å². The highest BCUT2D eigenvalue weighted by Gasteiger charge is 2.58. The fourth-order valence-electron chi connectivity index (χ4n) is 5.78. The number of hydrogen-bond acceptors (Lipinski definition) is 4. The molecule has 0 aliphatic carbocycles. The van der Waals surface area contributed by atoms with Crippen molar-refractivity contribution in [3.8, 4) is 0 Å². The largest absolute Gasteiger partial charge is 0.431 e. The lowest BCUT2D eigenvalue weighted by molar-refractivity contribution is -0.140. The Bertz CT molecular complexity index is 947. The van der Waals surface area contributed by atoms with Crippen LogP contribution >= 0.6 is 0 Å². The Labute approximate surface area is 196 Å². The molecule has 3 saturated heterocycles. The summed E-state index contributed by atoms with van der Waals surface area (Å²) in [4.78, 5) is 32.8. The SMILES string of the molecule is CC(C)N1CCC(C(=O)N2CCN3C(=O)OC(c4ccccc4)(c4ccccc4)C3C2)CC1. The number of carbonyl (C=O) groups excluding carboxylic acids is 2. The second kappa shape index (κ2) is 8.82. The van der Waals surface area contributed by atoms with E-state index >= 15 is 0 Å². The van der Waals surface area contributed by atoms with Gasteiger partial charge in [0.1, 0.15) is 6.04 Å². The molecule has 0 aromatic heterocycles. The van der Waals surface area contributed by atoms with Gasteiger partial charge in [0.25, 0.3) is 0 Å². The molecule has 1 atom stereocenters. The molecule has 2 amide bonds. The highest BCUT2D eigenvalue weighted by atomic mass is 16.6. The zero-order chi connectivity index (χ0) is 23.0. The van der Waals surface area contributed by atoms with Crippen molar-refractivity contribution >= 4 is 12.0 Å². The smallest absolute Gasteiger partial charge is 0.411 e. The van der Waals surface area contributed by atoms with E-state index in [1.807, 2.05) is 70.5 Å². The van der Waals surface area contributed by atoms with E-state index in [1.165, 1.54) is 0 Å². The second-order valence-electron chi connectivity index (χ2n) is 9.73. The lowest BCUT2D eigenvalue weighted by Crippen LogP contribution is -2.59. The number of amides is 2. The molecule has 1 unspecified atom stereocenters. The number of likely N-dealkylation sites (tertiary alicyclic amines) is 1. The van der Waals surface area contributed by atoms with E-state index in [2.05, 4.69) is 18.7 Å². The van der Waals surface area contributed by atoms with E-state index in [-0.39, 0.29) is 24.0 Å². The Morgan fingerprint density at radius 1 is 0.909 bits per heavy atom. The molecular formula is C27H33N3O3. The Morgan fingerprint density at radius 3 is 2.03 bits per heavy atom. The number of cyclic esters (lactones) is 1. The van der Waals surface area contributed by atoms with Crippen molar-refractivity contribution in [3.05, 3.63) is 71.8 Å². The number of carbonyl (C=O) groups is 2. The van der Waals surface area contributed by atoms with E-state index in [1.54, 1.807) is 0 Å². The highest BCUT2D eigenvalue weighted by Crippen LogP contribution is 2.46. The lowest BCUT2D eigenvalue weighted by atomic mass is 9.79. The first-order chi connectivity index (χ1) is 16.0. The third-order valence-electron chi connectivity index (χ3n) is 7.66. The summed E-state index contributed by atoms with van der Waals surface area (Å²) >= 11 is 0. The molecule has 0 saturated carbocycles. The molecule has 6 nitrogen and oxygen atoms in total. The molecule has 3 aliphatic rings.